The zero-order valence-electron chi connectivity index (χ0n) is 47.8. The minimum atomic E-state index is -2.08. The highest BCUT2D eigenvalue weighted by molar-refractivity contribution is 5.96. The predicted molar refractivity (Wildman–Crippen MR) is 307 cm³/mol. The van der Waals surface area contributed by atoms with Gasteiger partial charge in [0.15, 0.2) is 5.60 Å². The number of aromatic nitrogens is 2. The number of ether oxygens (including phenoxy) is 3. The van der Waals surface area contributed by atoms with Crippen LogP contribution in [0.2, 0.25) is 0 Å². The molecule has 4 aromatic carbocycles. The van der Waals surface area contributed by atoms with Crippen LogP contribution < -0.4 is 32.1 Å². The number of rotatable bonds is 18. The van der Waals surface area contributed by atoms with Crippen molar-refractivity contribution in [1.82, 2.24) is 41.0 Å². The summed E-state index contributed by atoms with van der Waals surface area (Å²) in [5, 5.41) is 25.3. The third-order valence-electron chi connectivity index (χ3n) is 16.0. The molecule has 2 aliphatic carbocycles. The molecule has 4 atom stereocenters. The lowest BCUT2D eigenvalue weighted by molar-refractivity contribution is -0.172. The van der Waals surface area contributed by atoms with E-state index in [2.05, 4.69) is 26.6 Å². The minimum Gasteiger partial charge on any atom is -0.460 e. The molecular formula is C63H65FN8O13. The summed E-state index contributed by atoms with van der Waals surface area (Å²) in [5.74, 6) is -6.21. The first-order valence-corrected chi connectivity index (χ1v) is 28.1. The van der Waals surface area contributed by atoms with Crippen molar-refractivity contribution in [2.45, 2.75) is 115 Å². The molecule has 6 aromatic rings. The number of likely N-dealkylation sites (N-methyl/N-ethyl adjacent to an activating group) is 1. The maximum Gasteiger partial charge on any atom is 0.407 e. The number of aryl methyl sites for hydroxylation is 1. The summed E-state index contributed by atoms with van der Waals surface area (Å²) >= 11 is 0. The fourth-order valence-electron chi connectivity index (χ4n) is 11.9. The molecule has 4 aliphatic rings. The number of cyclic esters (lactones) is 1. The number of hydrogen-bond donors (Lipinski definition) is 6. The number of hydrogen-bond acceptors (Lipinski definition) is 14. The predicted octanol–water partition coefficient (Wildman–Crippen LogP) is 4.69. The lowest BCUT2D eigenvalue weighted by Crippen LogP contribution is -2.53. The van der Waals surface area contributed by atoms with Crippen molar-refractivity contribution in [2.75, 3.05) is 33.3 Å². The van der Waals surface area contributed by atoms with Gasteiger partial charge in [0.1, 0.15) is 36.7 Å². The standard InChI is InChI=1S/C63H65FN8O13/c1-7-63(82)43-24-49-56-40(29-72(49)58(78)42(43)32-83-60(63)80)55-45(22-21-35-33(2)44(64)25-46(69-56)54(35)55)67-51(74)28-66-57(77)47(23-34-15-9-8-10-16-34)68-50(73)27-65-52(75)30-71(6)59(79)48(26-53(76)85-62(3,4)5)70-61(81)84-31-41-38-19-13-11-17-36(38)37-18-12-14-20-39(37)41/h8-20,24-25,41,45,47-48,82H,7,21-23,26-32H2,1-6H3,(H,65,75)(H,66,77)(H,67,74)(H,68,73)(H,70,81)/t45-,47-,48-,63-/m0/s1. The molecule has 0 saturated heterocycles. The summed E-state index contributed by atoms with van der Waals surface area (Å²) in [7, 11) is 1.28. The van der Waals surface area contributed by atoms with Gasteiger partial charge < -0.3 is 55.4 Å². The highest BCUT2D eigenvalue weighted by Crippen LogP contribution is 2.47. The van der Waals surface area contributed by atoms with Crippen molar-refractivity contribution >= 4 is 58.5 Å². The Morgan fingerprint density at radius 2 is 1.53 bits per heavy atom. The van der Waals surface area contributed by atoms with Gasteiger partial charge in [-0.1, -0.05) is 85.8 Å². The Morgan fingerprint density at radius 1 is 0.859 bits per heavy atom. The zero-order valence-corrected chi connectivity index (χ0v) is 47.8. The van der Waals surface area contributed by atoms with Crippen LogP contribution in [0, 0.1) is 12.7 Å². The molecule has 0 spiro atoms. The maximum atomic E-state index is 15.5. The number of carbonyl (C=O) groups excluding carboxylic acids is 8. The highest BCUT2D eigenvalue weighted by atomic mass is 19.1. The lowest BCUT2D eigenvalue weighted by atomic mass is 9.81. The van der Waals surface area contributed by atoms with Crippen molar-refractivity contribution in [3.05, 3.63) is 157 Å². The van der Waals surface area contributed by atoms with Crippen molar-refractivity contribution in [3.8, 4) is 22.5 Å². The van der Waals surface area contributed by atoms with Crippen LogP contribution in [0.1, 0.15) is 109 Å². The van der Waals surface area contributed by atoms with Gasteiger partial charge in [-0.3, -0.25) is 33.6 Å². The molecule has 2 aromatic heterocycles. The van der Waals surface area contributed by atoms with Gasteiger partial charge >= 0.3 is 18.0 Å². The first-order valence-electron chi connectivity index (χ1n) is 28.1. The van der Waals surface area contributed by atoms with E-state index in [4.69, 9.17) is 19.2 Å². The molecule has 21 nitrogen and oxygen atoms in total. The van der Waals surface area contributed by atoms with E-state index < -0.39 is 114 Å². The average molecular weight is 1160 g/mol. The van der Waals surface area contributed by atoms with Crippen LogP contribution in [0.15, 0.2) is 95.8 Å². The van der Waals surface area contributed by atoms with E-state index in [0.29, 0.717) is 57.4 Å². The summed E-state index contributed by atoms with van der Waals surface area (Å²) in [6, 6.07) is 23.7. The topological polar surface area (TPSA) is 283 Å². The summed E-state index contributed by atoms with van der Waals surface area (Å²) < 4.78 is 33.4. The Morgan fingerprint density at radius 3 is 2.21 bits per heavy atom. The van der Waals surface area contributed by atoms with E-state index in [9.17, 15) is 48.3 Å². The van der Waals surface area contributed by atoms with Crippen LogP contribution in [0.3, 0.4) is 0 Å². The van der Waals surface area contributed by atoms with Gasteiger partial charge in [0, 0.05) is 42.0 Å². The Bertz CT molecular complexity index is 3760. The number of esters is 2. The van der Waals surface area contributed by atoms with E-state index in [0.717, 1.165) is 27.2 Å². The SMILES string of the molecule is CC[C@@]1(O)C(=O)OCc2c1cc1n(c2=O)Cc2c-1nc1cc(F)c(C)c3c1c2[C@@H](NC(=O)CNC(=O)[C@H](Cc1ccccc1)NC(=O)CNC(=O)CN(C)C(=O)[C@H](CC(=O)OC(C)(C)C)NC(=O)OCC1c2ccccc2-c2ccccc21)CC3. The first-order chi connectivity index (χ1) is 40.5. The molecule has 442 valence electrons. The van der Waals surface area contributed by atoms with Crippen molar-refractivity contribution in [2.24, 2.45) is 0 Å². The van der Waals surface area contributed by atoms with Gasteiger partial charge in [-0.15, -0.1) is 0 Å². The number of carbonyl (C=O) groups is 8. The Labute approximate surface area is 488 Å². The van der Waals surface area contributed by atoms with Crippen LogP contribution >= 0.6 is 0 Å². The molecule has 6 amide bonds. The number of halogens is 1. The number of nitrogens with zero attached hydrogens (tertiary/aromatic N) is 3. The third-order valence-corrected chi connectivity index (χ3v) is 16.0. The van der Waals surface area contributed by atoms with E-state index in [1.54, 1.807) is 71.0 Å². The third kappa shape index (κ3) is 12.0. The van der Waals surface area contributed by atoms with Crippen molar-refractivity contribution in [1.29, 1.82) is 0 Å². The second-order valence-corrected chi connectivity index (χ2v) is 22.8. The number of amides is 6. The van der Waals surface area contributed by atoms with Crippen molar-refractivity contribution < 1.29 is 62.1 Å². The van der Waals surface area contributed by atoms with Gasteiger partial charge in [0.05, 0.1) is 61.1 Å². The van der Waals surface area contributed by atoms with Gasteiger partial charge in [-0.25, -0.2) is 19.0 Å². The van der Waals surface area contributed by atoms with Gasteiger partial charge in [0.2, 0.25) is 29.5 Å². The normalized spacial score (nSPS) is 16.9. The van der Waals surface area contributed by atoms with Crippen LogP contribution in [-0.2, 0) is 79.4 Å². The van der Waals surface area contributed by atoms with Crippen LogP contribution in [0.5, 0.6) is 0 Å². The molecule has 4 heterocycles. The molecule has 6 N–H and O–H groups in total. The molecule has 0 unspecified atom stereocenters. The first kappa shape index (κ1) is 58.9. The van der Waals surface area contributed by atoms with Crippen LogP contribution in [-0.4, -0.2) is 118 Å². The number of benzene rings is 4. The maximum absolute atomic E-state index is 15.5. The number of aliphatic hydroxyl groups is 1. The van der Waals surface area contributed by atoms with Crippen molar-refractivity contribution in [3.63, 3.8) is 0 Å². The number of nitrogens with one attached hydrogen (secondary N) is 5. The van der Waals surface area contributed by atoms with E-state index >= 15 is 4.39 Å². The van der Waals surface area contributed by atoms with E-state index in [1.165, 1.54) is 17.7 Å². The summed E-state index contributed by atoms with van der Waals surface area (Å²) in [4.78, 5) is 128. The lowest BCUT2D eigenvalue weighted by Gasteiger charge is -2.31. The molecule has 85 heavy (non-hydrogen) atoms. The van der Waals surface area contributed by atoms with Gasteiger partial charge in [0.25, 0.3) is 5.56 Å². The highest BCUT2D eigenvalue weighted by Gasteiger charge is 2.46. The smallest absolute Gasteiger partial charge is 0.407 e. The van der Waals surface area contributed by atoms with Gasteiger partial charge in [-0.05, 0) is 97.5 Å². The number of fused-ring (bicyclic) bond motifs is 8. The molecule has 0 fully saturated rings. The number of alkyl carbamates (subject to hydrolysis) is 1. The summed E-state index contributed by atoms with van der Waals surface area (Å²) in [6.07, 6.45) is -0.983. The van der Waals surface area contributed by atoms with E-state index in [1.807, 2.05) is 48.5 Å². The fraction of sp³-hybridized carbons (Fsp3) is 0.365. The Kier molecular flexibility index (Phi) is 16.4. The summed E-state index contributed by atoms with van der Waals surface area (Å²) in [6.45, 7) is 6.01. The molecule has 10 rings (SSSR count). The minimum absolute atomic E-state index is 0.0160. The molecular weight excluding hydrogens is 1100 g/mol. The van der Waals surface area contributed by atoms with E-state index in [-0.39, 0.29) is 55.2 Å². The summed E-state index contributed by atoms with van der Waals surface area (Å²) in [5.41, 5.74) is 4.57. The van der Waals surface area contributed by atoms with Crippen LogP contribution in [0.25, 0.3) is 33.4 Å². The second kappa shape index (κ2) is 23.7. The molecule has 22 heteroatoms. The zero-order chi connectivity index (χ0) is 60.6. The Hall–Kier alpha value is -9.31. The molecule has 0 bridgehead atoms. The van der Waals surface area contributed by atoms with Crippen LogP contribution in [0.4, 0.5) is 9.18 Å². The molecule has 0 saturated carbocycles. The molecule has 2 aliphatic heterocycles. The largest absolute Gasteiger partial charge is 0.460 e. The fourth-order valence-corrected chi connectivity index (χ4v) is 11.9. The average Bonchev–Trinajstić information content (AvgIpc) is 1.74. The quantitative estimate of drug-likeness (QED) is 0.0503. The Balaban J connectivity index is 0.779. The second-order valence-electron chi connectivity index (χ2n) is 22.8. The monoisotopic (exact) mass is 1160 g/mol. The van der Waals surface area contributed by atoms with Gasteiger partial charge in [-0.2, -0.15) is 0 Å². The molecule has 0 radical (unpaired) electrons. The number of pyridine rings is 2.